The smallest absolute Gasteiger partial charge is 0.119 e. The number of benzene rings is 1. The van der Waals surface area contributed by atoms with E-state index in [1.54, 1.807) is 0 Å². The summed E-state index contributed by atoms with van der Waals surface area (Å²) in [6, 6.07) is 10.2. The Balaban J connectivity index is 1.58. The van der Waals surface area contributed by atoms with Crippen LogP contribution < -0.4 is 10.1 Å². The third-order valence-corrected chi connectivity index (χ3v) is 3.66. The van der Waals surface area contributed by atoms with Crippen molar-refractivity contribution in [2.45, 2.75) is 25.3 Å². The molecule has 0 saturated carbocycles. The van der Waals surface area contributed by atoms with E-state index in [0.29, 0.717) is 0 Å². The van der Waals surface area contributed by atoms with E-state index in [0.717, 1.165) is 57.8 Å². The van der Waals surface area contributed by atoms with Gasteiger partial charge in [0.2, 0.25) is 0 Å². The Morgan fingerprint density at radius 1 is 1.25 bits per heavy atom. The molecule has 1 saturated heterocycles. The molecule has 0 spiro atoms. The maximum Gasteiger partial charge on any atom is 0.119 e. The number of ether oxygens (including phenoxy) is 1. The van der Waals surface area contributed by atoms with Crippen molar-refractivity contribution in [3.8, 4) is 5.75 Å². The van der Waals surface area contributed by atoms with E-state index in [9.17, 15) is 5.11 Å². The summed E-state index contributed by atoms with van der Waals surface area (Å²) in [6.45, 7) is 5.20. The first-order chi connectivity index (χ1) is 9.88. The molecule has 1 heterocycles. The van der Waals surface area contributed by atoms with Crippen LogP contribution in [0.5, 0.6) is 5.75 Å². The SMILES string of the molecule is OCC1CN(CCCCOc2ccccc2)CCCN1. The Labute approximate surface area is 121 Å². The molecule has 1 aliphatic heterocycles. The average molecular weight is 278 g/mol. The van der Waals surface area contributed by atoms with Crippen molar-refractivity contribution >= 4 is 0 Å². The Bertz CT molecular complexity index is 359. The van der Waals surface area contributed by atoms with E-state index < -0.39 is 0 Å². The zero-order valence-corrected chi connectivity index (χ0v) is 12.1. The Morgan fingerprint density at radius 2 is 2.10 bits per heavy atom. The van der Waals surface area contributed by atoms with Gasteiger partial charge in [-0.05, 0) is 51.0 Å². The lowest BCUT2D eigenvalue weighted by atomic mass is 10.2. The van der Waals surface area contributed by atoms with Gasteiger partial charge in [-0.15, -0.1) is 0 Å². The minimum absolute atomic E-state index is 0.230. The fourth-order valence-corrected chi connectivity index (χ4v) is 2.55. The van der Waals surface area contributed by atoms with Crippen molar-refractivity contribution < 1.29 is 9.84 Å². The predicted octanol–water partition coefficient (Wildman–Crippen LogP) is 1.50. The van der Waals surface area contributed by atoms with Crippen molar-refractivity contribution in [2.24, 2.45) is 0 Å². The lowest BCUT2D eigenvalue weighted by Gasteiger charge is -2.23. The lowest BCUT2D eigenvalue weighted by Crippen LogP contribution is -2.40. The van der Waals surface area contributed by atoms with Gasteiger partial charge in [-0.1, -0.05) is 18.2 Å². The molecule has 20 heavy (non-hydrogen) atoms. The standard InChI is InChI=1S/C16H26N2O2/c19-14-15-13-18(11-6-9-17-15)10-4-5-12-20-16-7-2-1-3-8-16/h1-3,7-8,15,17,19H,4-6,9-14H2. The van der Waals surface area contributed by atoms with Gasteiger partial charge in [0.05, 0.1) is 13.2 Å². The highest BCUT2D eigenvalue weighted by molar-refractivity contribution is 5.20. The van der Waals surface area contributed by atoms with Gasteiger partial charge < -0.3 is 20.1 Å². The zero-order valence-electron chi connectivity index (χ0n) is 12.1. The summed E-state index contributed by atoms with van der Waals surface area (Å²) in [5, 5.41) is 12.6. The first kappa shape index (κ1) is 15.3. The number of aliphatic hydroxyl groups excluding tert-OH is 1. The number of para-hydroxylation sites is 1. The van der Waals surface area contributed by atoms with Crippen LogP contribution in [0.25, 0.3) is 0 Å². The third-order valence-electron chi connectivity index (χ3n) is 3.66. The summed E-state index contributed by atoms with van der Waals surface area (Å²) in [5.41, 5.74) is 0. The fraction of sp³-hybridized carbons (Fsp3) is 0.625. The number of nitrogens with one attached hydrogen (secondary N) is 1. The second-order valence-corrected chi connectivity index (χ2v) is 5.36. The molecule has 1 aromatic rings. The summed E-state index contributed by atoms with van der Waals surface area (Å²) in [7, 11) is 0. The molecule has 0 aromatic heterocycles. The maximum absolute atomic E-state index is 9.26. The Kier molecular flexibility index (Phi) is 6.84. The van der Waals surface area contributed by atoms with Crippen LogP contribution in [0.15, 0.2) is 30.3 Å². The molecule has 112 valence electrons. The molecule has 2 N–H and O–H groups in total. The van der Waals surface area contributed by atoms with E-state index >= 15 is 0 Å². The fourth-order valence-electron chi connectivity index (χ4n) is 2.55. The van der Waals surface area contributed by atoms with Gasteiger partial charge in [0, 0.05) is 12.6 Å². The summed E-state index contributed by atoms with van der Waals surface area (Å²) in [4.78, 5) is 2.45. The maximum atomic E-state index is 9.26. The van der Waals surface area contributed by atoms with Gasteiger partial charge >= 0.3 is 0 Å². The molecular formula is C16H26N2O2. The molecule has 0 aliphatic carbocycles. The van der Waals surface area contributed by atoms with Crippen LogP contribution in [-0.2, 0) is 0 Å². The number of hydrogen-bond acceptors (Lipinski definition) is 4. The second kappa shape index (κ2) is 8.95. The monoisotopic (exact) mass is 278 g/mol. The van der Waals surface area contributed by atoms with E-state index in [2.05, 4.69) is 10.2 Å². The van der Waals surface area contributed by atoms with Crippen molar-refractivity contribution in [1.29, 1.82) is 0 Å². The normalized spacial score (nSPS) is 20.6. The molecule has 0 bridgehead atoms. The minimum Gasteiger partial charge on any atom is -0.494 e. The molecular weight excluding hydrogens is 252 g/mol. The van der Waals surface area contributed by atoms with Crippen LogP contribution in [-0.4, -0.2) is 55.4 Å². The highest BCUT2D eigenvalue weighted by Gasteiger charge is 2.15. The first-order valence-corrected chi connectivity index (χ1v) is 7.63. The van der Waals surface area contributed by atoms with Crippen molar-refractivity contribution in [1.82, 2.24) is 10.2 Å². The molecule has 1 fully saturated rings. The van der Waals surface area contributed by atoms with Crippen molar-refractivity contribution in [3.63, 3.8) is 0 Å². The van der Waals surface area contributed by atoms with E-state index in [-0.39, 0.29) is 12.6 Å². The van der Waals surface area contributed by atoms with E-state index in [1.807, 2.05) is 30.3 Å². The predicted molar refractivity (Wildman–Crippen MR) is 81.1 cm³/mol. The van der Waals surface area contributed by atoms with Crippen LogP contribution in [0.4, 0.5) is 0 Å². The summed E-state index contributed by atoms with van der Waals surface area (Å²) < 4.78 is 5.69. The molecule has 4 nitrogen and oxygen atoms in total. The van der Waals surface area contributed by atoms with Crippen LogP contribution in [0.3, 0.4) is 0 Å². The van der Waals surface area contributed by atoms with Crippen molar-refractivity contribution in [3.05, 3.63) is 30.3 Å². The van der Waals surface area contributed by atoms with Crippen LogP contribution in [0.1, 0.15) is 19.3 Å². The van der Waals surface area contributed by atoms with E-state index in [1.165, 1.54) is 0 Å². The lowest BCUT2D eigenvalue weighted by molar-refractivity contribution is 0.195. The highest BCUT2D eigenvalue weighted by Crippen LogP contribution is 2.09. The highest BCUT2D eigenvalue weighted by atomic mass is 16.5. The molecule has 0 amide bonds. The summed E-state index contributed by atoms with van der Waals surface area (Å²) >= 11 is 0. The van der Waals surface area contributed by atoms with Crippen molar-refractivity contribution in [2.75, 3.05) is 39.4 Å². The number of nitrogens with zero attached hydrogens (tertiary/aromatic N) is 1. The average Bonchev–Trinajstić information content (AvgIpc) is 2.73. The van der Waals surface area contributed by atoms with Gasteiger partial charge in [-0.2, -0.15) is 0 Å². The zero-order chi connectivity index (χ0) is 14.0. The molecule has 1 aromatic carbocycles. The molecule has 1 atom stereocenters. The summed E-state index contributed by atoms with van der Waals surface area (Å²) in [6.07, 6.45) is 3.38. The molecule has 4 heteroatoms. The van der Waals surface area contributed by atoms with Gasteiger partial charge in [0.25, 0.3) is 0 Å². The topological polar surface area (TPSA) is 44.7 Å². The van der Waals surface area contributed by atoms with Gasteiger partial charge in [-0.3, -0.25) is 0 Å². The Hall–Kier alpha value is -1.10. The van der Waals surface area contributed by atoms with Crippen LogP contribution in [0, 0.1) is 0 Å². The third kappa shape index (κ3) is 5.49. The molecule has 1 aliphatic rings. The Morgan fingerprint density at radius 3 is 2.90 bits per heavy atom. The van der Waals surface area contributed by atoms with Crippen LogP contribution in [0.2, 0.25) is 0 Å². The van der Waals surface area contributed by atoms with Gasteiger partial charge in [0.15, 0.2) is 0 Å². The van der Waals surface area contributed by atoms with E-state index in [4.69, 9.17) is 4.74 Å². The minimum atomic E-state index is 0.230. The quantitative estimate of drug-likeness (QED) is 0.742. The van der Waals surface area contributed by atoms with Crippen LogP contribution >= 0.6 is 0 Å². The van der Waals surface area contributed by atoms with Gasteiger partial charge in [0.1, 0.15) is 5.75 Å². The van der Waals surface area contributed by atoms with Gasteiger partial charge in [-0.25, -0.2) is 0 Å². The molecule has 2 rings (SSSR count). The number of aliphatic hydroxyl groups is 1. The number of unbranched alkanes of at least 4 members (excludes halogenated alkanes) is 1. The number of hydrogen-bond donors (Lipinski definition) is 2. The molecule has 0 radical (unpaired) electrons. The molecule has 1 unspecified atom stereocenters. The summed E-state index contributed by atoms with van der Waals surface area (Å²) in [5.74, 6) is 0.951. The largest absolute Gasteiger partial charge is 0.494 e. The first-order valence-electron chi connectivity index (χ1n) is 7.63. The number of rotatable bonds is 7. The second-order valence-electron chi connectivity index (χ2n) is 5.36.